The molecular formula is C10H10ClN2. The van der Waals surface area contributed by atoms with Crippen LogP contribution in [0.15, 0.2) is 18.3 Å². The Morgan fingerprint density at radius 3 is 3.08 bits per heavy atom. The summed E-state index contributed by atoms with van der Waals surface area (Å²) in [7, 11) is 0. The van der Waals surface area contributed by atoms with E-state index in [0.29, 0.717) is 5.02 Å². The largest absolute Gasteiger partial charge is 0.313 e. The zero-order chi connectivity index (χ0) is 9.10. The fraction of sp³-hybridized carbons (Fsp3) is 0.300. The van der Waals surface area contributed by atoms with E-state index in [1.165, 1.54) is 5.57 Å². The van der Waals surface area contributed by atoms with Crippen LogP contribution in [0.1, 0.15) is 12.1 Å². The summed E-state index contributed by atoms with van der Waals surface area (Å²) in [6.45, 7) is 1.94. The van der Waals surface area contributed by atoms with E-state index in [0.717, 1.165) is 25.2 Å². The molecule has 0 saturated heterocycles. The van der Waals surface area contributed by atoms with Gasteiger partial charge < -0.3 is 5.32 Å². The van der Waals surface area contributed by atoms with E-state index in [1.807, 2.05) is 0 Å². The van der Waals surface area contributed by atoms with Crippen molar-refractivity contribution in [2.24, 2.45) is 0 Å². The number of nitrogens with one attached hydrogen (secondary N) is 1. The lowest BCUT2D eigenvalue weighted by Crippen LogP contribution is -2.20. The summed E-state index contributed by atoms with van der Waals surface area (Å²) in [4.78, 5) is 4.22. The molecule has 2 heterocycles. The van der Waals surface area contributed by atoms with Crippen molar-refractivity contribution in [3.05, 3.63) is 35.1 Å². The van der Waals surface area contributed by atoms with Crippen LogP contribution in [0.2, 0.25) is 5.02 Å². The van der Waals surface area contributed by atoms with Gasteiger partial charge in [0.15, 0.2) is 0 Å². The first-order valence-corrected chi connectivity index (χ1v) is 4.67. The summed E-state index contributed by atoms with van der Waals surface area (Å²) in [5, 5.41) is 3.89. The van der Waals surface area contributed by atoms with Gasteiger partial charge >= 0.3 is 0 Å². The molecule has 0 aromatic carbocycles. The molecule has 0 saturated carbocycles. The maximum Gasteiger partial charge on any atom is 0.0739 e. The molecule has 13 heavy (non-hydrogen) atoms. The van der Waals surface area contributed by atoms with Crippen molar-refractivity contribution in [1.82, 2.24) is 10.3 Å². The van der Waals surface area contributed by atoms with Crippen molar-refractivity contribution in [1.29, 1.82) is 0 Å². The van der Waals surface area contributed by atoms with Gasteiger partial charge in [0, 0.05) is 18.8 Å². The van der Waals surface area contributed by atoms with Crippen LogP contribution in [0.25, 0.3) is 5.57 Å². The Labute approximate surface area is 82.6 Å². The summed E-state index contributed by atoms with van der Waals surface area (Å²) in [5.74, 6) is 0. The van der Waals surface area contributed by atoms with Gasteiger partial charge in [0.25, 0.3) is 0 Å². The molecule has 0 amide bonds. The highest BCUT2D eigenvalue weighted by Crippen LogP contribution is 2.17. The third kappa shape index (κ3) is 2.08. The Balaban J connectivity index is 2.24. The van der Waals surface area contributed by atoms with Crippen molar-refractivity contribution in [3.63, 3.8) is 0 Å². The van der Waals surface area contributed by atoms with Gasteiger partial charge in [-0.2, -0.15) is 0 Å². The fourth-order valence-electron chi connectivity index (χ4n) is 1.35. The zero-order valence-electron chi connectivity index (χ0n) is 7.18. The number of rotatable bonds is 1. The third-order valence-electron chi connectivity index (χ3n) is 2.03. The third-order valence-corrected chi connectivity index (χ3v) is 2.24. The molecule has 0 fully saturated rings. The molecule has 1 radical (unpaired) electrons. The van der Waals surface area contributed by atoms with Crippen LogP contribution >= 0.6 is 11.6 Å². The van der Waals surface area contributed by atoms with E-state index >= 15 is 0 Å². The van der Waals surface area contributed by atoms with Gasteiger partial charge in [-0.1, -0.05) is 17.7 Å². The van der Waals surface area contributed by atoms with Gasteiger partial charge in [0.05, 0.1) is 10.7 Å². The number of hydrogen-bond donors (Lipinski definition) is 1. The SMILES string of the molecule is Clc1c[c]c(C2=CCNCC2)nc1. The van der Waals surface area contributed by atoms with Gasteiger partial charge in [-0.3, -0.25) is 4.98 Å². The first-order chi connectivity index (χ1) is 6.36. The lowest BCUT2D eigenvalue weighted by atomic mass is 10.1. The van der Waals surface area contributed by atoms with Crippen LogP contribution < -0.4 is 5.32 Å². The molecule has 3 heteroatoms. The van der Waals surface area contributed by atoms with Crippen LogP contribution in [0.4, 0.5) is 0 Å². The predicted molar refractivity (Wildman–Crippen MR) is 53.5 cm³/mol. The molecule has 67 valence electrons. The second kappa shape index (κ2) is 3.90. The van der Waals surface area contributed by atoms with Gasteiger partial charge in [0.2, 0.25) is 0 Å². The van der Waals surface area contributed by atoms with Gasteiger partial charge in [-0.15, -0.1) is 0 Å². The Hall–Kier alpha value is -0.860. The van der Waals surface area contributed by atoms with E-state index in [2.05, 4.69) is 22.4 Å². The first-order valence-electron chi connectivity index (χ1n) is 4.29. The summed E-state index contributed by atoms with van der Waals surface area (Å²) in [6, 6.07) is 4.82. The van der Waals surface area contributed by atoms with Crippen LogP contribution in [-0.2, 0) is 0 Å². The molecule has 1 N–H and O–H groups in total. The lowest BCUT2D eigenvalue weighted by molar-refractivity contribution is 0.737. The maximum absolute atomic E-state index is 5.73. The highest BCUT2D eigenvalue weighted by Gasteiger charge is 2.06. The number of pyridine rings is 1. The van der Waals surface area contributed by atoms with Crippen molar-refractivity contribution in [2.75, 3.05) is 13.1 Å². The topological polar surface area (TPSA) is 24.9 Å². The normalized spacial score (nSPS) is 16.8. The Morgan fingerprint density at radius 2 is 2.46 bits per heavy atom. The van der Waals surface area contributed by atoms with Crippen molar-refractivity contribution in [2.45, 2.75) is 6.42 Å². The molecular weight excluding hydrogens is 184 g/mol. The minimum Gasteiger partial charge on any atom is -0.313 e. The zero-order valence-corrected chi connectivity index (χ0v) is 7.93. The van der Waals surface area contributed by atoms with Gasteiger partial charge in [-0.05, 0) is 24.6 Å². The highest BCUT2D eigenvalue weighted by atomic mass is 35.5. The van der Waals surface area contributed by atoms with Crippen molar-refractivity contribution in [3.8, 4) is 0 Å². The van der Waals surface area contributed by atoms with Crippen LogP contribution in [-0.4, -0.2) is 18.1 Å². The van der Waals surface area contributed by atoms with Crippen LogP contribution in [0.3, 0.4) is 0 Å². The Bertz CT molecular complexity index is 316. The number of aromatic nitrogens is 1. The summed E-state index contributed by atoms with van der Waals surface area (Å²) in [6.07, 6.45) is 4.83. The summed E-state index contributed by atoms with van der Waals surface area (Å²) < 4.78 is 0. The van der Waals surface area contributed by atoms with E-state index in [-0.39, 0.29) is 0 Å². The number of nitrogens with zero attached hydrogens (tertiary/aromatic N) is 1. The van der Waals surface area contributed by atoms with E-state index in [9.17, 15) is 0 Å². The summed E-state index contributed by atoms with van der Waals surface area (Å²) in [5.41, 5.74) is 2.18. The second-order valence-corrected chi connectivity index (χ2v) is 3.40. The predicted octanol–water partition coefficient (Wildman–Crippen LogP) is 1.91. The van der Waals surface area contributed by atoms with Crippen LogP contribution in [0, 0.1) is 6.07 Å². The lowest BCUT2D eigenvalue weighted by Gasteiger charge is -2.12. The van der Waals surface area contributed by atoms with E-state index in [4.69, 9.17) is 11.6 Å². The molecule has 0 bridgehead atoms. The average molecular weight is 194 g/mol. The first kappa shape index (κ1) is 8.73. The molecule has 1 aromatic heterocycles. The smallest absolute Gasteiger partial charge is 0.0739 e. The minimum atomic E-state index is 0.637. The van der Waals surface area contributed by atoms with Gasteiger partial charge in [0.1, 0.15) is 0 Å². The average Bonchev–Trinajstić information content (AvgIpc) is 2.20. The van der Waals surface area contributed by atoms with Gasteiger partial charge in [-0.25, -0.2) is 0 Å². The fourth-order valence-corrected chi connectivity index (χ4v) is 1.45. The highest BCUT2D eigenvalue weighted by molar-refractivity contribution is 6.30. The summed E-state index contributed by atoms with van der Waals surface area (Å²) >= 11 is 5.73. The molecule has 1 aliphatic heterocycles. The molecule has 0 atom stereocenters. The van der Waals surface area contributed by atoms with E-state index < -0.39 is 0 Å². The minimum absolute atomic E-state index is 0.637. The molecule has 0 unspecified atom stereocenters. The molecule has 1 aromatic rings. The Kier molecular flexibility index (Phi) is 2.62. The molecule has 0 spiro atoms. The molecule has 2 nitrogen and oxygen atoms in total. The Morgan fingerprint density at radius 1 is 1.54 bits per heavy atom. The number of hydrogen-bond acceptors (Lipinski definition) is 2. The molecule has 1 aliphatic rings. The number of halogens is 1. The second-order valence-electron chi connectivity index (χ2n) is 2.96. The molecule has 0 aliphatic carbocycles. The van der Waals surface area contributed by atoms with Crippen molar-refractivity contribution >= 4 is 17.2 Å². The van der Waals surface area contributed by atoms with E-state index in [1.54, 1.807) is 12.3 Å². The molecule has 2 rings (SSSR count). The standard InChI is InChI=1S/C10H10ClN2/c11-9-1-2-10(13-7-9)8-3-5-12-6-4-8/h1,3,7,12H,4-6H2. The monoisotopic (exact) mass is 193 g/mol. The van der Waals surface area contributed by atoms with Crippen molar-refractivity contribution < 1.29 is 0 Å². The maximum atomic E-state index is 5.73. The quantitative estimate of drug-likeness (QED) is 0.737. The van der Waals surface area contributed by atoms with Crippen LogP contribution in [0.5, 0.6) is 0 Å².